The Bertz CT molecular complexity index is 322. The maximum absolute atomic E-state index is 11.3. The molecule has 0 N–H and O–H groups in total. The van der Waals surface area contributed by atoms with Crippen molar-refractivity contribution in [2.24, 2.45) is 0 Å². The highest BCUT2D eigenvalue weighted by molar-refractivity contribution is 5.71. The lowest BCUT2D eigenvalue weighted by Crippen LogP contribution is -2.30. The van der Waals surface area contributed by atoms with Crippen LogP contribution < -0.4 is 0 Å². The highest BCUT2D eigenvalue weighted by atomic mass is 16.5. The van der Waals surface area contributed by atoms with Crippen molar-refractivity contribution < 1.29 is 14.1 Å². The first-order valence-corrected chi connectivity index (χ1v) is 5.14. The second-order valence-corrected chi connectivity index (χ2v) is 3.24. The number of esters is 1. The zero-order valence-corrected chi connectivity index (χ0v) is 9.39. The molecule has 1 heterocycles. The average molecular weight is 224 g/mol. The van der Waals surface area contributed by atoms with Crippen LogP contribution in [0.2, 0.25) is 0 Å². The molecule has 16 heavy (non-hydrogen) atoms. The van der Waals surface area contributed by atoms with Gasteiger partial charge in [-0.25, -0.2) is 0 Å². The molecule has 0 unspecified atom stereocenters. The molecule has 0 fully saturated rings. The fourth-order valence-corrected chi connectivity index (χ4v) is 1.30. The van der Waals surface area contributed by atoms with E-state index in [2.05, 4.69) is 11.7 Å². The molecule has 1 aromatic rings. The monoisotopic (exact) mass is 224 g/mol. The van der Waals surface area contributed by atoms with Crippen LogP contribution in [0, 0.1) is 0 Å². The smallest absolute Gasteiger partial charge is 0.320 e. The topological polar surface area (TPSA) is 55.6 Å². The Balaban J connectivity index is 2.47. The number of hydrogen-bond acceptors (Lipinski definition) is 5. The molecule has 0 aliphatic heterocycles. The maximum Gasteiger partial charge on any atom is 0.320 e. The molecule has 0 amide bonds. The summed E-state index contributed by atoms with van der Waals surface area (Å²) >= 11 is 0. The number of rotatable bonds is 7. The molecular weight excluding hydrogens is 208 g/mol. The van der Waals surface area contributed by atoms with E-state index in [1.807, 2.05) is 4.90 Å². The van der Waals surface area contributed by atoms with Crippen molar-refractivity contribution in [2.45, 2.75) is 13.5 Å². The quantitative estimate of drug-likeness (QED) is 0.515. The lowest BCUT2D eigenvalue weighted by atomic mass is 10.4. The number of aromatic nitrogens is 1. The maximum atomic E-state index is 11.3. The first kappa shape index (κ1) is 12.4. The first-order valence-electron chi connectivity index (χ1n) is 5.14. The molecule has 0 saturated heterocycles. The molecule has 5 heteroatoms. The largest absolute Gasteiger partial charge is 0.465 e. The highest BCUT2D eigenvalue weighted by Crippen LogP contribution is 2.03. The number of carbonyl (C=O) groups is 1. The lowest BCUT2D eigenvalue weighted by molar-refractivity contribution is -0.144. The summed E-state index contributed by atoms with van der Waals surface area (Å²) in [6.45, 7) is 7.16. The highest BCUT2D eigenvalue weighted by Gasteiger charge is 2.12. The average Bonchev–Trinajstić information content (AvgIpc) is 2.71. The molecule has 0 aliphatic rings. The van der Waals surface area contributed by atoms with Crippen LogP contribution in [-0.2, 0) is 16.1 Å². The van der Waals surface area contributed by atoms with Crippen molar-refractivity contribution in [3.05, 3.63) is 30.7 Å². The van der Waals surface area contributed by atoms with E-state index < -0.39 is 0 Å². The van der Waals surface area contributed by atoms with E-state index in [4.69, 9.17) is 9.26 Å². The number of carbonyl (C=O) groups excluding carboxylic acids is 1. The standard InChI is InChI=1S/C11H16N2O3/c1-3-7-13(9-11(14)15-4-2)8-10-5-6-12-16-10/h3,5-6H,1,4,7-9H2,2H3. The normalized spacial score (nSPS) is 10.4. The van der Waals surface area contributed by atoms with Crippen molar-refractivity contribution in [2.75, 3.05) is 19.7 Å². The number of nitrogens with zero attached hydrogens (tertiary/aromatic N) is 2. The van der Waals surface area contributed by atoms with Crippen LogP contribution in [0.1, 0.15) is 12.7 Å². The summed E-state index contributed by atoms with van der Waals surface area (Å²) in [5, 5.41) is 3.61. The predicted octanol–water partition coefficient (Wildman–Crippen LogP) is 1.23. The van der Waals surface area contributed by atoms with Crippen molar-refractivity contribution >= 4 is 5.97 Å². The second-order valence-electron chi connectivity index (χ2n) is 3.24. The Morgan fingerprint density at radius 1 is 1.75 bits per heavy atom. The van der Waals surface area contributed by atoms with Crippen LogP contribution in [0.5, 0.6) is 0 Å². The Labute approximate surface area is 94.7 Å². The third-order valence-corrected chi connectivity index (χ3v) is 1.92. The van der Waals surface area contributed by atoms with Crippen molar-refractivity contribution in [1.29, 1.82) is 0 Å². The minimum absolute atomic E-state index is 0.223. The predicted molar refractivity (Wildman–Crippen MR) is 58.6 cm³/mol. The third-order valence-electron chi connectivity index (χ3n) is 1.92. The van der Waals surface area contributed by atoms with Gasteiger partial charge in [-0.1, -0.05) is 11.2 Å². The zero-order valence-electron chi connectivity index (χ0n) is 9.39. The molecular formula is C11H16N2O3. The van der Waals surface area contributed by atoms with E-state index in [-0.39, 0.29) is 12.5 Å². The summed E-state index contributed by atoms with van der Waals surface area (Å²) in [6.07, 6.45) is 3.31. The van der Waals surface area contributed by atoms with E-state index in [1.54, 1.807) is 25.3 Å². The van der Waals surface area contributed by atoms with E-state index >= 15 is 0 Å². The molecule has 0 radical (unpaired) electrons. The summed E-state index contributed by atoms with van der Waals surface area (Å²) < 4.78 is 9.85. The van der Waals surface area contributed by atoms with E-state index in [0.717, 1.165) is 0 Å². The Morgan fingerprint density at radius 3 is 3.12 bits per heavy atom. The van der Waals surface area contributed by atoms with Gasteiger partial charge in [0.15, 0.2) is 5.76 Å². The molecule has 0 bridgehead atoms. The SMILES string of the molecule is C=CCN(CC(=O)OCC)Cc1ccno1. The first-order chi connectivity index (χ1) is 7.76. The van der Waals surface area contributed by atoms with Crippen molar-refractivity contribution in [1.82, 2.24) is 10.1 Å². The Kier molecular flexibility index (Phi) is 5.28. The van der Waals surface area contributed by atoms with Crippen molar-refractivity contribution in [3.8, 4) is 0 Å². The van der Waals surface area contributed by atoms with Crippen LogP contribution in [0.3, 0.4) is 0 Å². The van der Waals surface area contributed by atoms with Gasteiger partial charge in [-0.2, -0.15) is 0 Å². The Morgan fingerprint density at radius 2 is 2.56 bits per heavy atom. The van der Waals surface area contributed by atoms with Crippen LogP contribution in [0.4, 0.5) is 0 Å². The molecule has 0 spiro atoms. The van der Waals surface area contributed by atoms with Gasteiger partial charge < -0.3 is 9.26 Å². The van der Waals surface area contributed by atoms with Crippen LogP contribution >= 0.6 is 0 Å². The van der Waals surface area contributed by atoms with Crippen molar-refractivity contribution in [3.63, 3.8) is 0 Å². The number of hydrogen-bond donors (Lipinski definition) is 0. The molecule has 5 nitrogen and oxygen atoms in total. The molecule has 88 valence electrons. The van der Waals surface area contributed by atoms with Gasteiger partial charge >= 0.3 is 5.97 Å². The minimum Gasteiger partial charge on any atom is -0.465 e. The van der Waals surface area contributed by atoms with Crippen LogP contribution in [0.25, 0.3) is 0 Å². The summed E-state index contributed by atoms with van der Waals surface area (Å²) in [5.41, 5.74) is 0. The molecule has 1 rings (SSSR count). The fourth-order valence-electron chi connectivity index (χ4n) is 1.30. The van der Waals surface area contributed by atoms with Gasteiger partial charge in [-0.15, -0.1) is 6.58 Å². The zero-order chi connectivity index (χ0) is 11.8. The molecule has 1 aromatic heterocycles. The van der Waals surface area contributed by atoms with E-state index in [0.29, 0.717) is 25.5 Å². The molecule has 0 atom stereocenters. The molecule has 0 saturated carbocycles. The van der Waals surface area contributed by atoms with Gasteiger partial charge in [-0.3, -0.25) is 9.69 Å². The van der Waals surface area contributed by atoms with Gasteiger partial charge in [0.2, 0.25) is 0 Å². The summed E-state index contributed by atoms with van der Waals surface area (Å²) in [7, 11) is 0. The summed E-state index contributed by atoms with van der Waals surface area (Å²) in [5.74, 6) is 0.468. The third kappa shape index (κ3) is 4.27. The van der Waals surface area contributed by atoms with Gasteiger partial charge in [0.05, 0.1) is 25.9 Å². The van der Waals surface area contributed by atoms with E-state index in [1.165, 1.54) is 0 Å². The van der Waals surface area contributed by atoms with Gasteiger partial charge in [-0.05, 0) is 6.92 Å². The van der Waals surface area contributed by atoms with Gasteiger partial charge in [0.1, 0.15) is 0 Å². The molecule has 0 aliphatic carbocycles. The number of ether oxygens (including phenoxy) is 1. The molecule has 0 aromatic carbocycles. The van der Waals surface area contributed by atoms with Gasteiger partial charge in [0.25, 0.3) is 0 Å². The van der Waals surface area contributed by atoms with Gasteiger partial charge in [0, 0.05) is 12.6 Å². The summed E-state index contributed by atoms with van der Waals surface area (Å²) in [4.78, 5) is 13.2. The fraction of sp³-hybridized carbons (Fsp3) is 0.455. The van der Waals surface area contributed by atoms with E-state index in [9.17, 15) is 4.79 Å². The Hall–Kier alpha value is -1.62. The minimum atomic E-state index is -0.246. The summed E-state index contributed by atoms with van der Waals surface area (Å²) in [6, 6.07) is 1.77. The second kappa shape index (κ2) is 6.79. The lowest BCUT2D eigenvalue weighted by Gasteiger charge is -2.17. The van der Waals surface area contributed by atoms with Crippen LogP contribution in [-0.4, -0.2) is 35.7 Å². The van der Waals surface area contributed by atoms with Crippen LogP contribution in [0.15, 0.2) is 29.4 Å².